The molecule has 4 nitrogen and oxygen atoms in total. The van der Waals surface area contributed by atoms with Gasteiger partial charge in [0.25, 0.3) is 0 Å². The zero-order chi connectivity index (χ0) is 15.1. The average molecular weight is 282 g/mol. The van der Waals surface area contributed by atoms with Gasteiger partial charge < -0.3 is 4.74 Å². The van der Waals surface area contributed by atoms with Crippen LogP contribution in [0.5, 0.6) is 0 Å². The molecule has 1 aromatic carbocycles. The maximum atomic E-state index is 11.6. The largest absolute Gasteiger partial charge is 0.454 e. The van der Waals surface area contributed by atoms with Gasteiger partial charge in [-0.1, -0.05) is 30.8 Å². The molecule has 0 saturated carbocycles. The lowest BCUT2D eigenvalue weighted by Gasteiger charge is -2.15. The quantitative estimate of drug-likeness (QED) is 0.627. The Balaban J connectivity index is 2.13. The van der Waals surface area contributed by atoms with Crippen molar-refractivity contribution in [3.8, 4) is 11.1 Å². The van der Waals surface area contributed by atoms with Crippen LogP contribution in [-0.4, -0.2) is 15.7 Å². The average Bonchev–Trinajstić information content (AvgIpc) is 2.91. The van der Waals surface area contributed by atoms with Crippen LogP contribution in [-0.2, 0) is 16.6 Å². The summed E-state index contributed by atoms with van der Waals surface area (Å²) >= 11 is 0. The summed E-state index contributed by atoms with van der Waals surface area (Å²) in [5, 5.41) is 4.48. The fourth-order valence-electron chi connectivity index (χ4n) is 2.90. The summed E-state index contributed by atoms with van der Waals surface area (Å²) in [6.07, 6.45) is 0.300. The van der Waals surface area contributed by atoms with Crippen LogP contribution in [0.4, 0.5) is 0 Å². The Morgan fingerprint density at radius 2 is 2.05 bits per heavy atom. The van der Waals surface area contributed by atoms with Crippen molar-refractivity contribution >= 4 is 5.97 Å². The highest BCUT2D eigenvalue weighted by Crippen LogP contribution is 2.39. The maximum Gasteiger partial charge on any atom is 0.334 e. The van der Waals surface area contributed by atoms with Crippen LogP contribution in [0.3, 0.4) is 0 Å². The van der Waals surface area contributed by atoms with E-state index in [-0.39, 0.29) is 12.1 Å². The second-order valence-corrected chi connectivity index (χ2v) is 5.46. The Morgan fingerprint density at radius 1 is 1.33 bits per heavy atom. The monoisotopic (exact) mass is 282 g/mol. The van der Waals surface area contributed by atoms with Gasteiger partial charge in [0.15, 0.2) is 0 Å². The summed E-state index contributed by atoms with van der Waals surface area (Å²) in [5.41, 5.74) is 5.82. The van der Waals surface area contributed by atoms with Gasteiger partial charge >= 0.3 is 5.97 Å². The summed E-state index contributed by atoms with van der Waals surface area (Å²) in [4.78, 5) is 11.6. The molecule has 0 bridgehead atoms. The number of hydrogen-bond donors (Lipinski definition) is 0. The van der Waals surface area contributed by atoms with Crippen LogP contribution in [0, 0.1) is 13.8 Å². The first kappa shape index (κ1) is 13.6. The number of cyclic esters (lactones) is 1. The molecule has 0 spiro atoms. The van der Waals surface area contributed by atoms with Gasteiger partial charge in [-0.15, -0.1) is 0 Å². The SMILES string of the molecule is C=C1CC(c2ccccc2-c2c(C)nn(C)c2C)OC1=O. The van der Waals surface area contributed by atoms with E-state index in [1.54, 1.807) is 0 Å². The first-order valence-corrected chi connectivity index (χ1v) is 6.97. The van der Waals surface area contributed by atoms with Crippen LogP contribution in [0.1, 0.15) is 29.5 Å². The molecule has 3 rings (SSSR count). The number of hydrogen-bond acceptors (Lipinski definition) is 3. The van der Waals surface area contributed by atoms with Crippen LogP contribution in [0.25, 0.3) is 11.1 Å². The molecule has 1 saturated heterocycles. The Bertz CT molecular complexity index is 727. The molecule has 21 heavy (non-hydrogen) atoms. The smallest absolute Gasteiger partial charge is 0.334 e. The summed E-state index contributed by atoms with van der Waals surface area (Å²) in [6, 6.07) is 8.03. The van der Waals surface area contributed by atoms with Crippen LogP contribution >= 0.6 is 0 Å². The van der Waals surface area contributed by atoms with Gasteiger partial charge in [0.2, 0.25) is 0 Å². The molecule has 1 aliphatic rings. The predicted molar refractivity (Wildman–Crippen MR) is 80.7 cm³/mol. The van der Waals surface area contributed by atoms with E-state index in [1.165, 1.54) is 0 Å². The van der Waals surface area contributed by atoms with Gasteiger partial charge in [-0.2, -0.15) is 5.10 Å². The molecule has 1 aromatic heterocycles. The third-order valence-corrected chi connectivity index (χ3v) is 4.06. The van der Waals surface area contributed by atoms with E-state index in [9.17, 15) is 4.79 Å². The lowest BCUT2D eigenvalue weighted by atomic mass is 9.93. The number of rotatable bonds is 2. The molecule has 1 atom stereocenters. The molecular weight excluding hydrogens is 264 g/mol. The van der Waals surface area contributed by atoms with E-state index < -0.39 is 0 Å². The molecule has 0 amide bonds. The maximum absolute atomic E-state index is 11.6. The lowest BCUT2D eigenvalue weighted by molar-refractivity contribution is -0.139. The molecule has 0 aliphatic carbocycles. The minimum absolute atomic E-state index is 0.250. The van der Waals surface area contributed by atoms with Crippen molar-refractivity contribution in [3.63, 3.8) is 0 Å². The van der Waals surface area contributed by atoms with Crippen molar-refractivity contribution in [2.45, 2.75) is 26.4 Å². The van der Waals surface area contributed by atoms with Gasteiger partial charge in [-0.25, -0.2) is 4.79 Å². The number of nitrogens with zero attached hydrogens (tertiary/aromatic N) is 2. The number of aromatic nitrogens is 2. The first-order chi connectivity index (χ1) is 9.99. The van der Waals surface area contributed by atoms with Crippen molar-refractivity contribution in [2.24, 2.45) is 7.05 Å². The highest BCUT2D eigenvalue weighted by atomic mass is 16.5. The Kier molecular flexibility index (Phi) is 3.16. The third kappa shape index (κ3) is 2.17. The van der Waals surface area contributed by atoms with Gasteiger partial charge in [0.1, 0.15) is 6.10 Å². The van der Waals surface area contributed by atoms with Crippen molar-refractivity contribution in [1.82, 2.24) is 9.78 Å². The minimum Gasteiger partial charge on any atom is -0.454 e. The van der Waals surface area contributed by atoms with E-state index in [0.29, 0.717) is 12.0 Å². The molecular formula is C17H18N2O2. The van der Waals surface area contributed by atoms with Gasteiger partial charge in [0, 0.05) is 35.9 Å². The van der Waals surface area contributed by atoms with Gasteiger partial charge in [-0.3, -0.25) is 4.68 Å². The van der Waals surface area contributed by atoms with E-state index in [4.69, 9.17) is 4.74 Å². The number of carbonyl (C=O) groups is 1. The molecule has 108 valence electrons. The van der Waals surface area contributed by atoms with Crippen LogP contribution < -0.4 is 0 Å². The van der Waals surface area contributed by atoms with Crippen molar-refractivity contribution in [2.75, 3.05) is 0 Å². The summed E-state index contributed by atoms with van der Waals surface area (Å²) in [6.45, 7) is 7.81. The number of esters is 1. The Hall–Kier alpha value is -2.36. The van der Waals surface area contributed by atoms with E-state index in [0.717, 1.165) is 28.1 Å². The molecule has 4 heteroatoms. The standard InChI is InChI=1S/C17H18N2O2/c1-10-9-15(21-17(10)20)13-7-5-6-8-14(13)16-11(2)18-19(4)12(16)3/h5-8,15H,1,9H2,2-4H3. The van der Waals surface area contributed by atoms with Crippen molar-refractivity contribution in [3.05, 3.63) is 53.4 Å². The Morgan fingerprint density at radius 3 is 2.62 bits per heavy atom. The first-order valence-electron chi connectivity index (χ1n) is 6.97. The Labute approximate surface area is 124 Å². The predicted octanol–water partition coefficient (Wildman–Crippen LogP) is 3.25. The second-order valence-electron chi connectivity index (χ2n) is 5.46. The van der Waals surface area contributed by atoms with Crippen LogP contribution in [0.2, 0.25) is 0 Å². The zero-order valence-corrected chi connectivity index (χ0v) is 12.5. The third-order valence-electron chi connectivity index (χ3n) is 4.06. The second kappa shape index (κ2) is 4.88. The molecule has 1 aliphatic heterocycles. The fourth-order valence-corrected chi connectivity index (χ4v) is 2.90. The van der Waals surface area contributed by atoms with Gasteiger partial charge in [-0.05, 0) is 19.4 Å². The van der Waals surface area contributed by atoms with Crippen LogP contribution in [0.15, 0.2) is 36.4 Å². The topological polar surface area (TPSA) is 44.1 Å². The van der Waals surface area contributed by atoms with E-state index >= 15 is 0 Å². The summed E-state index contributed by atoms with van der Waals surface area (Å²) < 4.78 is 7.32. The van der Waals surface area contributed by atoms with E-state index in [2.05, 4.69) is 17.7 Å². The molecule has 1 unspecified atom stereocenters. The molecule has 0 N–H and O–H groups in total. The fraction of sp³-hybridized carbons (Fsp3) is 0.294. The van der Waals surface area contributed by atoms with Gasteiger partial charge in [0.05, 0.1) is 5.69 Å². The number of ether oxygens (including phenoxy) is 1. The molecule has 2 heterocycles. The highest BCUT2D eigenvalue weighted by Gasteiger charge is 2.31. The zero-order valence-electron chi connectivity index (χ0n) is 12.5. The number of benzene rings is 1. The summed E-state index contributed by atoms with van der Waals surface area (Å²) in [7, 11) is 1.94. The molecule has 2 aromatic rings. The number of carbonyl (C=O) groups excluding carboxylic acids is 1. The molecule has 1 fully saturated rings. The molecule has 0 radical (unpaired) electrons. The van der Waals surface area contributed by atoms with E-state index in [1.807, 2.05) is 43.8 Å². The summed E-state index contributed by atoms with van der Waals surface area (Å²) in [5.74, 6) is -0.297. The number of aryl methyl sites for hydroxylation is 2. The normalized spacial score (nSPS) is 18.1. The highest BCUT2D eigenvalue weighted by molar-refractivity contribution is 5.90. The lowest BCUT2D eigenvalue weighted by Crippen LogP contribution is -2.01. The van der Waals surface area contributed by atoms with Crippen molar-refractivity contribution in [1.29, 1.82) is 0 Å². The minimum atomic E-state index is -0.297. The van der Waals surface area contributed by atoms with Crippen molar-refractivity contribution < 1.29 is 9.53 Å².